The molecule has 0 aromatic carbocycles. The smallest absolute Gasteiger partial charge is 0.187 e. The van der Waals surface area contributed by atoms with Crippen LogP contribution in [0.15, 0.2) is 0 Å². The van der Waals surface area contributed by atoms with E-state index in [1.54, 1.807) is 0 Å². The van der Waals surface area contributed by atoms with Gasteiger partial charge in [0.1, 0.15) is 67.1 Å². The molecule has 0 amide bonds. The highest BCUT2D eigenvalue weighted by Gasteiger charge is 2.53. The summed E-state index contributed by atoms with van der Waals surface area (Å²) in [7, 11) is 0. The van der Waals surface area contributed by atoms with Crippen LogP contribution in [0.5, 0.6) is 0 Å². The quantitative estimate of drug-likeness (QED) is 0.167. The Morgan fingerprint density at radius 2 is 1.06 bits per heavy atom. The third-order valence-electron chi connectivity index (χ3n) is 6.05. The molecule has 3 aliphatic rings. The second-order valence-electron chi connectivity index (χ2n) is 8.32. The lowest BCUT2D eigenvalue weighted by atomic mass is 9.96. The molecular formula is C18H32O15. The highest BCUT2D eigenvalue weighted by atomic mass is 16.8. The minimum absolute atomic E-state index is 0.747. The predicted octanol–water partition coefficient (Wildman–Crippen LogP) is -6.55. The molecule has 15 atom stereocenters. The summed E-state index contributed by atoms with van der Waals surface area (Å²) in [6, 6.07) is 0. The fourth-order valence-electron chi connectivity index (χ4n) is 3.99. The van der Waals surface area contributed by atoms with Crippen LogP contribution in [-0.2, 0) is 23.7 Å². The van der Waals surface area contributed by atoms with Crippen LogP contribution in [0.2, 0.25) is 0 Å². The van der Waals surface area contributed by atoms with Crippen molar-refractivity contribution >= 4 is 0 Å². The van der Waals surface area contributed by atoms with E-state index in [1.807, 2.05) is 0 Å². The first-order chi connectivity index (χ1) is 15.5. The van der Waals surface area contributed by atoms with Gasteiger partial charge in [-0.25, -0.2) is 0 Å². The first kappa shape index (κ1) is 27.0. The SMILES string of the molecule is C[C@@H]1OC(O[C@H]2[C@H](O[C@H]3O[C@H](CO)[C@@H](O)[C@H](O)[C@H]3O)[C@@H](O)C(O)O[C@@H]2CO)[C@H](O)[C@H](O)[C@H]1O. The van der Waals surface area contributed by atoms with Crippen molar-refractivity contribution in [2.75, 3.05) is 13.2 Å². The van der Waals surface area contributed by atoms with Gasteiger partial charge in [0.25, 0.3) is 0 Å². The van der Waals surface area contributed by atoms with E-state index in [4.69, 9.17) is 23.7 Å². The molecule has 0 spiro atoms. The molecule has 33 heavy (non-hydrogen) atoms. The van der Waals surface area contributed by atoms with Crippen molar-refractivity contribution < 1.29 is 74.7 Å². The lowest BCUT2D eigenvalue weighted by Crippen LogP contribution is -2.66. The van der Waals surface area contributed by atoms with E-state index in [2.05, 4.69) is 0 Å². The molecule has 3 fully saturated rings. The van der Waals surface area contributed by atoms with Gasteiger partial charge in [-0.05, 0) is 6.92 Å². The van der Waals surface area contributed by atoms with Crippen molar-refractivity contribution in [3.8, 4) is 0 Å². The van der Waals surface area contributed by atoms with Crippen LogP contribution in [0.25, 0.3) is 0 Å². The Kier molecular flexibility index (Phi) is 8.99. The number of hydrogen-bond donors (Lipinski definition) is 10. The molecule has 0 aromatic rings. The van der Waals surface area contributed by atoms with Gasteiger partial charge in [0.05, 0.1) is 19.3 Å². The molecule has 0 radical (unpaired) electrons. The van der Waals surface area contributed by atoms with Crippen molar-refractivity contribution in [1.82, 2.24) is 0 Å². The molecule has 194 valence electrons. The van der Waals surface area contributed by atoms with E-state index < -0.39 is 105 Å². The van der Waals surface area contributed by atoms with Crippen molar-refractivity contribution in [2.24, 2.45) is 0 Å². The molecule has 15 heteroatoms. The van der Waals surface area contributed by atoms with Gasteiger partial charge in [0.2, 0.25) is 0 Å². The molecule has 15 nitrogen and oxygen atoms in total. The molecule has 3 saturated heterocycles. The molecule has 3 heterocycles. The third kappa shape index (κ3) is 5.32. The van der Waals surface area contributed by atoms with Crippen LogP contribution in [0.1, 0.15) is 6.92 Å². The van der Waals surface area contributed by atoms with Crippen LogP contribution in [0, 0.1) is 0 Å². The summed E-state index contributed by atoms with van der Waals surface area (Å²) in [6.07, 6.45) is -24.1. The number of rotatable bonds is 6. The van der Waals surface area contributed by atoms with Crippen molar-refractivity contribution in [3.05, 3.63) is 0 Å². The van der Waals surface area contributed by atoms with Gasteiger partial charge in [-0.2, -0.15) is 0 Å². The summed E-state index contributed by atoms with van der Waals surface area (Å²) >= 11 is 0. The second kappa shape index (κ2) is 11.0. The van der Waals surface area contributed by atoms with Crippen molar-refractivity contribution in [2.45, 2.75) is 99.0 Å². The van der Waals surface area contributed by atoms with Crippen LogP contribution in [0.4, 0.5) is 0 Å². The summed E-state index contributed by atoms with van der Waals surface area (Å²) in [6.45, 7) is -0.118. The molecule has 0 aromatic heterocycles. The standard InChI is InChI=1S/C18H32O15/c1-4-7(21)9(23)11(25)17(29-4)32-14-6(3-20)30-16(28)13(27)15(14)33-18-12(26)10(24)8(22)5(2-19)31-18/h4-28H,2-3H2,1H3/t4-,5+,6+,7-,8+,9+,10-,11+,12+,13+,14+,15+,16?,17?,18+/m0/s1. The predicted molar refractivity (Wildman–Crippen MR) is 99.8 cm³/mol. The Morgan fingerprint density at radius 1 is 0.545 bits per heavy atom. The van der Waals surface area contributed by atoms with Gasteiger partial charge >= 0.3 is 0 Å². The molecule has 2 unspecified atom stereocenters. The van der Waals surface area contributed by atoms with Crippen LogP contribution < -0.4 is 0 Å². The molecule has 3 rings (SSSR count). The largest absolute Gasteiger partial charge is 0.394 e. The number of aliphatic hydroxyl groups excluding tert-OH is 10. The maximum absolute atomic E-state index is 10.5. The zero-order valence-electron chi connectivity index (χ0n) is 17.6. The molecule has 0 bridgehead atoms. The van der Waals surface area contributed by atoms with Crippen LogP contribution in [-0.4, -0.2) is 156 Å². The van der Waals surface area contributed by atoms with Crippen molar-refractivity contribution in [1.29, 1.82) is 0 Å². The van der Waals surface area contributed by atoms with Gasteiger partial charge in [-0.3, -0.25) is 0 Å². The maximum atomic E-state index is 10.5. The topological polar surface area (TPSA) is 248 Å². The summed E-state index contributed by atoms with van der Waals surface area (Å²) in [4.78, 5) is 0. The van der Waals surface area contributed by atoms with E-state index in [-0.39, 0.29) is 0 Å². The lowest BCUT2D eigenvalue weighted by molar-refractivity contribution is -0.382. The monoisotopic (exact) mass is 488 g/mol. The van der Waals surface area contributed by atoms with E-state index in [0.717, 1.165) is 0 Å². The number of aliphatic hydroxyl groups is 10. The highest BCUT2D eigenvalue weighted by molar-refractivity contribution is 4.96. The zero-order chi connectivity index (χ0) is 24.6. The van der Waals surface area contributed by atoms with Gasteiger partial charge in [0, 0.05) is 0 Å². The van der Waals surface area contributed by atoms with E-state index in [9.17, 15) is 51.1 Å². The highest BCUT2D eigenvalue weighted by Crippen LogP contribution is 2.32. The second-order valence-corrected chi connectivity index (χ2v) is 8.32. The summed E-state index contributed by atoms with van der Waals surface area (Å²) in [5, 5.41) is 99.8. The molecule has 0 saturated carbocycles. The van der Waals surface area contributed by atoms with E-state index in [0.29, 0.717) is 0 Å². The first-order valence-corrected chi connectivity index (χ1v) is 10.4. The third-order valence-corrected chi connectivity index (χ3v) is 6.05. The Labute approximate surface area is 187 Å². The fraction of sp³-hybridized carbons (Fsp3) is 1.00. The molecular weight excluding hydrogens is 456 g/mol. The van der Waals surface area contributed by atoms with Crippen molar-refractivity contribution in [3.63, 3.8) is 0 Å². The first-order valence-electron chi connectivity index (χ1n) is 10.4. The van der Waals surface area contributed by atoms with Crippen LogP contribution in [0.3, 0.4) is 0 Å². The minimum atomic E-state index is -1.89. The van der Waals surface area contributed by atoms with E-state index in [1.165, 1.54) is 6.92 Å². The Bertz CT molecular complexity index is 624. The van der Waals surface area contributed by atoms with Gasteiger partial charge in [0.15, 0.2) is 18.9 Å². The average molecular weight is 488 g/mol. The molecule has 3 aliphatic heterocycles. The summed E-state index contributed by atoms with van der Waals surface area (Å²) < 4.78 is 26.9. The van der Waals surface area contributed by atoms with Gasteiger partial charge < -0.3 is 74.7 Å². The number of ether oxygens (including phenoxy) is 5. The van der Waals surface area contributed by atoms with Gasteiger partial charge in [-0.1, -0.05) is 0 Å². The van der Waals surface area contributed by atoms with E-state index >= 15 is 0 Å². The Morgan fingerprint density at radius 3 is 1.64 bits per heavy atom. The Hall–Kier alpha value is -0.600. The summed E-state index contributed by atoms with van der Waals surface area (Å²) in [5.41, 5.74) is 0. The molecule has 10 N–H and O–H groups in total. The van der Waals surface area contributed by atoms with Crippen LogP contribution >= 0.6 is 0 Å². The Balaban J connectivity index is 1.83. The van der Waals surface area contributed by atoms with Gasteiger partial charge in [-0.15, -0.1) is 0 Å². The normalized spacial score (nSPS) is 53.7. The minimum Gasteiger partial charge on any atom is -0.394 e. The number of hydrogen-bond acceptors (Lipinski definition) is 15. The average Bonchev–Trinajstić information content (AvgIpc) is 2.80. The lowest BCUT2D eigenvalue weighted by Gasteiger charge is -2.48. The maximum Gasteiger partial charge on any atom is 0.187 e. The molecule has 0 aliphatic carbocycles. The fourth-order valence-corrected chi connectivity index (χ4v) is 3.99. The summed E-state index contributed by atoms with van der Waals surface area (Å²) in [5.74, 6) is 0. The zero-order valence-corrected chi connectivity index (χ0v) is 17.6.